The van der Waals surface area contributed by atoms with Crippen LogP contribution in [0.2, 0.25) is 0 Å². The van der Waals surface area contributed by atoms with Crippen molar-refractivity contribution in [2.75, 3.05) is 19.7 Å². The molecule has 0 aliphatic heterocycles. The van der Waals surface area contributed by atoms with Gasteiger partial charge in [-0.05, 0) is 39.7 Å². The number of nitrogens with one attached hydrogen (secondary N) is 1. The molecule has 0 unspecified atom stereocenters. The standard InChI is InChI=1S/C21H34N2O4/c1-6-9-10-11-12-13-18(25)23(7-2)14-17(24)19-15(4)20(22-16(19)5)21(26)27-8-3/h22H,6-14H2,1-5H3. The molecule has 27 heavy (non-hydrogen) atoms. The zero-order valence-corrected chi connectivity index (χ0v) is 17.4. The highest BCUT2D eigenvalue weighted by Crippen LogP contribution is 2.20. The van der Waals surface area contributed by atoms with Crippen molar-refractivity contribution in [3.8, 4) is 0 Å². The van der Waals surface area contributed by atoms with Crippen LogP contribution in [0, 0.1) is 13.8 Å². The number of ketones is 1. The molecule has 1 amide bonds. The van der Waals surface area contributed by atoms with Gasteiger partial charge >= 0.3 is 5.97 Å². The molecule has 1 N–H and O–H groups in total. The number of carbonyl (C=O) groups is 3. The lowest BCUT2D eigenvalue weighted by Gasteiger charge is -2.20. The second-order valence-electron chi connectivity index (χ2n) is 6.84. The van der Waals surface area contributed by atoms with Gasteiger partial charge in [-0.1, -0.05) is 32.6 Å². The van der Waals surface area contributed by atoms with Gasteiger partial charge in [0.1, 0.15) is 5.69 Å². The lowest BCUT2D eigenvalue weighted by atomic mass is 10.0. The summed E-state index contributed by atoms with van der Waals surface area (Å²) in [5, 5.41) is 0. The summed E-state index contributed by atoms with van der Waals surface area (Å²) >= 11 is 0. The van der Waals surface area contributed by atoms with E-state index in [0.29, 0.717) is 35.5 Å². The maximum Gasteiger partial charge on any atom is 0.355 e. The first-order valence-corrected chi connectivity index (χ1v) is 10.0. The predicted molar refractivity (Wildman–Crippen MR) is 106 cm³/mol. The summed E-state index contributed by atoms with van der Waals surface area (Å²) in [4.78, 5) is 41.8. The molecular formula is C21H34N2O4. The van der Waals surface area contributed by atoms with Gasteiger partial charge in [0.25, 0.3) is 0 Å². The molecule has 0 aromatic carbocycles. The van der Waals surface area contributed by atoms with Crippen molar-refractivity contribution in [1.82, 2.24) is 9.88 Å². The molecule has 1 aromatic heterocycles. The lowest BCUT2D eigenvalue weighted by molar-refractivity contribution is -0.130. The van der Waals surface area contributed by atoms with Crippen molar-refractivity contribution < 1.29 is 19.1 Å². The van der Waals surface area contributed by atoms with Gasteiger partial charge in [-0.15, -0.1) is 0 Å². The molecule has 0 aliphatic rings. The van der Waals surface area contributed by atoms with Crippen LogP contribution in [0.25, 0.3) is 0 Å². The minimum atomic E-state index is -0.465. The van der Waals surface area contributed by atoms with Crippen molar-refractivity contribution in [2.45, 2.75) is 73.1 Å². The van der Waals surface area contributed by atoms with E-state index in [4.69, 9.17) is 4.74 Å². The third-order valence-corrected chi connectivity index (χ3v) is 4.76. The summed E-state index contributed by atoms with van der Waals surface area (Å²) in [6, 6.07) is 0. The van der Waals surface area contributed by atoms with Gasteiger partial charge < -0.3 is 14.6 Å². The normalized spacial score (nSPS) is 10.7. The number of hydrogen-bond acceptors (Lipinski definition) is 4. The molecule has 0 saturated heterocycles. The van der Waals surface area contributed by atoms with E-state index < -0.39 is 5.97 Å². The number of rotatable bonds is 12. The fourth-order valence-corrected chi connectivity index (χ4v) is 3.24. The summed E-state index contributed by atoms with van der Waals surface area (Å²) in [5.41, 5.74) is 2.00. The molecule has 6 nitrogen and oxygen atoms in total. The molecule has 0 fully saturated rings. The van der Waals surface area contributed by atoms with E-state index in [1.807, 2.05) is 6.92 Å². The minimum absolute atomic E-state index is 0.0128. The molecule has 0 bridgehead atoms. The summed E-state index contributed by atoms with van der Waals surface area (Å²) in [6.45, 7) is 10.1. The summed E-state index contributed by atoms with van der Waals surface area (Å²) in [5.74, 6) is -0.607. The number of nitrogens with zero attached hydrogens (tertiary/aromatic N) is 1. The Morgan fingerprint density at radius 1 is 1.00 bits per heavy atom. The number of carbonyl (C=O) groups excluding carboxylic acids is 3. The average Bonchev–Trinajstić information content (AvgIpc) is 2.93. The van der Waals surface area contributed by atoms with Crippen LogP contribution in [0.4, 0.5) is 0 Å². The Balaban J connectivity index is 2.75. The van der Waals surface area contributed by atoms with Crippen LogP contribution in [0.5, 0.6) is 0 Å². The second kappa shape index (κ2) is 11.6. The van der Waals surface area contributed by atoms with Crippen molar-refractivity contribution in [2.24, 2.45) is 0 Å². The number of likely N-dealkylation sites (N-methyl/N-ethyl adjacent to an activating group) is 1. The maximum atomic E-state index is 12.8. The van der Waals surface area contributed by atoms with Crippen molar-refractivity contribution in [3.63, 3.8) is 0 Å². The molecule has 0 aliphatic carbocycles. The quantitative estimate of drug-likeness (QED) is 0.336. The number of aromatic amines is 1. The zero-order valence-electron chi connectivity index (χ0n) is 17.4. The van der Waals surface area contributed by atoms with Crippen LogP contribution in [-0.2, 0) is 9.53 Å². The molecule has 6 heteroatoms. The monoisotopic (exact) mass is 378 g/mol. The first-order valence-electron chi connectivity index (χ1n) is 10.0. The fraction of sp³-hybridized carbons (Fsp3) is 0.667. The molecule has 0 radical (unpaired) electrons. The smallest absolute Gasteiger partial charge is 0.355 e. The summed E-state index contributed by atoms with van der Waals surface area (Å²) < 4.78 is 5.02. The zero-order chi connectivity index (χ0) is 20.4. The van der Waals surface area contributed by atoms with E-state index in [-0.39, 0.29) is 24.8 Å². The highest BCUT2D eigenvalue weighted by Gasteiger charge is 2.24. The van der Waals surface area contributed by atoms with Gasteiger partial charge in [0.05, 0.1) is 13.2 Å². The number of hydrogen-bond donors (Lipinski definition) is 1. The molecule has 1 aromatic rings. The molecule has 152 valence electrons. The van der Waals surface area contributed by atoms with Gasteiger partial charge in [-0.2, -0.15) is 0 Å². The first kappa shape index (κ1) is 22.9. The third-order valence-electron chi connectivity index (χ3n) is 4.76. The Morgan fingerprint density at radius 3 is 2.26 bits per heavy atom. The van der Waals surface area contributed by atoms with Crippen LogP contribution in [0.15, 0.2) is 0 Å². The van der Waals surface area contributed by atoms with E-state index in [1.54, 1.807) is 25.7 Å². The highest BCUT2D eigenvalue weighted by molar-refractivity contribution is 6.04. The second-order valence-corrected chi connectivity index (χ2v) is 6.84. The fourth-order valence-electron chi connectivity index (χ4n) is 3.24. The van der Waals surface area contributed by atoms with E-state index in [2.05, 4.69) is 11.9 Å². The number of unbranched alkanes of at least 4 members (excludes halogenated alkanes) is 4. The molecule has 0 spiro atoms. The predicted octanol–water partition coefficient (Wildman–Crippen LogP) is 4.20. The lowest BCUT2D eigenvalue weighted by Crippen LogP contribution is -2.35. The summed E-state index contributed by atoms with van der Waals surface area (Å²) in [6.07, 6.45) is 5.89. The van der Waals surface area contributed by atoms with Crippen molar-refractivity contribution in [3.05, 3.63) is 22.5 Å². The van der Waals surface area contributed by atoms with Crippen molar-refractivity contribution in [1.29, 1.82) is 0 Å². The average molecular weight is 379 g/mol. The number of amides is 1. The molecule has 1 heterocycles. The van der Waals surface area contributed by atoms with E-state index in [0.717, 1.165) is 19.3 Å². The van der Waals surface area contributed by atoms with Crippen LogP contribution >= 0.6 is 0 Å². The molecular weight excluding hydrogens is 344 g/mol. The molecule has 1 rings (SSSR count). The van der Waals surface area contributed by atoms with Crippen LogP contribution in [-0.4, -0.2) is 47.2 Å². The van der Waals surface area contributed by atoms with Gasteiger partial charge in [-0.25, -0.2) is 4.79 Å². The number of aromatic nitrogens is 1. The number of H-pyrrole nitrogens is 1. The SMILES string of the molecule is CCCCCCCC(=O)N(CC)CC(=O)c1c(C)[nH]c(C(=O)OCC)c1C. The van der Waals surface area contributed by atoms with Crippen molar-refractivity contribution >= 4 is 17.7 Å². The number of ether oxygens (including phenoxy) is 1. The van der Waals surface area contributed by atoms with Gasteiger partial charge in [0.15, 0.2) is 5.78 Å². The third kappa shape index (κ3) is 6.52. The number of aryl methyl sites for hydroxylation is 1. The number of esters is 1. The largest absolute Gasteiger partial charge is 0.461 e. The highest BCUT2D eigenvalue weighted by atomic mass is 16.5. The molecule has 0 atom stereocenters. The van der Waals surface area contributed by atoms with E-state index in [1.165, 1.54) is 12.8 Å². The van der Waals surface area contributed by atoms with E-state index in [9.17, 15) is 14.4 Å². The Labute approximate surface area is 162 Å². The summed E-state index contributed by atoms with van der Waals surface area (Å²) in [7, 11) is 0. The van der Waals surface area contributed by atoms with Gasteiger partial charge in [-0.3, -0.25) is 9.59 Å². The van der Waals surface area contributed by atoms with Crippen LogP contribution in [0.3, 0.4) is 0 Å². The van der Waals surface area contributed by atoms with E-state index >= 15 is 0 Å². The molecule has 0 saturated carbocycles. The van der Waals surface area contributed by atoms with Gasteiger partial charge in [0, 0.05) is 24.2 Å². The maximum absolute atomic E-state index is 12.8. The Bertz CT molecular complexity index is 649. The first-order chi connectivity index (χ1) is 12.9. The Hall–Kier alpha value is -2.11. The Morgan fingerprint density at radius 2 is 1.67 bits per heavy atom. The van der Waals surface area contributed by atoms with Crippen LogP contribution in [0.1, 0.15) is 91.4 Å². The Kier molecular flexibility index (Phi) is 9.83. The van der Waals surface area contributed by atoms with Crippen LogP contribution < -0.4 is 0 Å². The topological polar surface area (TPSA) is 79.5 Å². The minimum Gasteiger partial charge on any atom is -0.461 e. The van der Waals surface area contributed by atoms with Gasteiger partial charge in [0.2, 0.25) is 5.91 Å². The number of Topliss-reactive ketones (excluding diaryl/α,β-unsaturated/α-hetero) is 1.